The van der Waals surface area contributed by atoms with Crippen LogP contribution in [0.1, 0.15) is 84.5 Å². The van der Waals surface area contributed by atoms with Gasteiger partial charge in [0.15, 0.2) is 0 Å². The van der Waals surface area contributed by atoms with E-state index in [-0.39, 0.29) is 12.3 Å². The van der Waals surface area contributed by atoms with E-state index in [1.807, 2.05) is 0 Å². The standard InChI is InChI=1S/C15H29NO3.C2H4O2/c1-2-3-4-5-6-7-8-9-11-14(17)16-13-10-12-15(18)19;1-2(3)4/h2-13H2,1H3,(H,16,17)(H,18,19);1H3,(H,3,4). The first-order valence-corrected chi connectivity index (χ1v) is 8.58. The maximum absolute atomic E-state index is 11.4. The fourth-order valence-corrected chi connectivity index (χ4v) is 1.98. The maximum atomic E-state index is 11.4. The van der Waals surface area contributed by atoms with E-state index >= 15 is 0 Å². The Balaban J connectivity index is 0. The molecule has 0 heterocycles. The molecule has 0 aliphatic carbocycles. The smallest absolute Gasteiger partial charge is 0.303 e. The normalized spacial score (nSPS) is 9.65. The molecule has 0 aromatic rings. The SMILES string of the molecule is CC(=O)O.CCCCCCCCCCC(=O)NCCCC(=O)O. The highest BCUT2D eigenvalue weighted by molar-refractivity contribution is 5.75. The van der Waals surface area contributed by atoms with Gasteiger partial charge in [0.05, 0.1) is 0 Å². The maximum Gasteiger partial charge on any atom is 0.303 e. The molecule has 0 rings (SSSR count). The molecule has 0 spiro atoms. The van der Waals surface area contributed by atoms with Crippen LogP contribution in [0.25, 0.3) is 0 Å². The Morgan fingerprint density at radius 2 is 1.26 bits per heavy atom. The van der Waals surface area contributed by atoms with Gasteiger partial charge in [0.25, 0.3) is 5.97 Å². The zero-order chi connectivity index (χ0) is 17.9. The van der Waals surface area contributed by atoms with Crippen LogP contribution < -0.4 is 5.32 Å². The molecule has 0 atom stereocenters. The van der Waals surface area contributed by atoms with Crippen molar-refractivity contribution in [3.8, 4) is 0 Å². The first-order valence-electron chi connectivity index (χ1n) is 8.58. The Labute approximate surface area is 139 Å². The van der Waals surface area contributed by atoms with Crippen molar-refractivity contribution in [2.24, 2.45) is 0 Å². The van der Waals surface area contributed by atoms with E-state index in [1.165, 1.54) is 38.5 Å². The lowest BCUT2D eigenvalue weighted by molar-refractivity contribution is -0.137. The summed E-state index contributed by atoms with van der Waals surface area (Å²) in [6.07, 6.45) is 11.0. The van der Waals surface area contributed by atoms with Crippen molar-refractivity contribution in [3.63, 3.8) is 0 Å². The van der Waals surface area contributed by atoms with Crippen LogP contribution in [0.4, 0.5) is 0 Å². The number of unbranched alkanes of at least 4 members (excludes halogenated alkanes) is 7. The Hall–Kier alpha value is -1.59. The third kappa shape index (κ3) is 29.1. The molecule has 0 saturated carbocycles. The molecule has 1 amide bonds. The molecule has 23 heavy (non-hydrogen) atoms. The summed E-state index contributed by atoms with van der Waals surface area (Å²) in [6.45, 7) is 3.78. The molecule has 6 heteroatoms. The molecule has 0 bridgehead atoms. The number of rotatable bonds is 13. The van der Waals surface area contributed by atoms with Gasteiger partial charge in [-0.2, -0.15) is 0 Å². The number of carbonyl (C=O) groups excluding carboxylic acids is 1. The second-order valence-corrected chi connectivity index (χ2v) is 5.59. The number of hydrogen-bond acceptors (Lipinski definition) is 3. The molecule has 0 fully saturated rings. The van der Waals surface area contributed by atoms with Gasteiger partial charge in [0.2, 0.25) is 5.91 Å². The lowest BCUT2D eigenvalue weighted by Crippen LogP contribution is -2.24. The number of aliphatic carboxylic acids is 2. The van der Waals surface area contributed by atoms with Gasteiger partial charge in [-0.15, -0.1) is 0 Å². The van der Waals surface area contributed by atoms with Crippen LogP contribution in [0.2, 0.25) is 0 Å². The third-order valence-electron chi connectivity index (χ3n) is 3.15. The van der Waals surface area contributed by atoms with Gasteiger partial charge >= 0.3 is 5.97 Å². The minimum absolute atomic E-state index is 0.0522. The van der Waals surface area contributed by atoms with Crippen molar-refractivity contribution in [1.82, 2.24) is 5.32 Å². The van der Waals surface area contributed by atoms with E-state index in [1.54, 1.807) is 0 Å². The summed E-state index contributed by atoms with van der Waals surface area (Å²) in [6, 6.07) is 0. The Kier molecular flexibility index (Phi) is 19.0. The molecule has 6 nitrogen and oxygen atoms in total. The first-order chi connectivity index (χ1) is 10.9. The van der Waals surface area contributed by atoms with E-state index in [4.69, 9.17) is 15.0 Å². The summed E-state index contributed by atoms with van der Waals surface area (Å²) in [5.41, 5.74) is 0. The van der Waals surface area contributed by atoms with Crippen molar-refractivity contribution in [2.45, 2.75) is 84.5 Å². The molecule has 0 unspecified atom stereocenters. The number of carboxylic acids is 2. The number of hydrogen-bond donors (Lipinski definition) is 3. The summed E-state index contributed by atoms with van der Waals surface area (Å²) in [5, 5.41) is 18.6. The average molecular weight is 331 g/mol. The molecule has 0 aliphatic rings. The minimum Gasteiger partial charge on any atom is -0.481 e. The molecule has 0 radical (unpaired) electrons. The number of carboxylic acid groups (broad SMARTS) is 2. The molecule has 0 aliphatic heterocycles. The van der Waals surface area contributed by atoms with Gasteiger partial charge in [-0.25, -0.2) is 0 Å². The predicted octanol–water partition coefficient (Wildman–Crippen LogP) is 3.59. The van der Waals surface area contributed by atoms with Crippen molar-refractivity contribution < 1.29 is 24.6 Å². The van der Waals surface area contributed by atoms with Crippen LogP contribution in [0.5, 0.6) is 0 Å². The molecule has 136 valence electrons. The highest BCUT2D eigenvalue weighted by atomic mass is 16.4. The number of nitrogens with one attached hydrogen (secondary N) is 1. The van der Waals surface area contributed by atoms with Crippen LogP contribution in [-0.4, -0.2) is 34.6 Å². The lowest BCUT2D eigenvalue weighted by atomic mass is 10.1. The van der Waals surface area contributed by atoms with Crippen molar-refractivity contribution in [3.05, 3.63) is 0 Å². The molecular weight excluding hydrogens is 298 g/mol. The van der Waals surface area contributed by atoms with Gasteiger partial charge in [0.1, 0.15) is 0 Å². The Morgan fingerprint density at radius 3 is 1.74 bits per heavy atom. The zero-order valence-electron chi connectivity index (χ0n) is 14.6. The fraction of sp³-hybridized carbons (Fsp3) is 0.824. The highest BCUT2D eigenvalue weighted by Crippen LogP contribution is 2.09. The van der Waals surface area contributed by atoms with Gasteiger partial charge in [-0.1, -0.05) is 51.9 Å². The predicted molar refractivity (Wildman–Crippen MR) is 90.4 cm³/mol. The lowest BCUT2D eigenvalue weighted by Gasteiger charge is -2.04. The van der Waals surface area contributed by atoms with Crippen LogP contribution >= 0.6 is 0 Å². The molecule has 0 aromatic heterocycles. The molecule has 3 N–H and O–H groups in total. The summed E-state index contributed by atoms with van der Waals surface area (Å²) < 4.78 is 0. The van der Waals surface area contributed by atoms with Crippen LogP contribution in [0.15, 0.2) is 0 Å². The van der Waals surface area contributed by atoms with Crippen LogP contribution in [-0.2, 0) is 14.4 Å². The summed E-state index contributed by atoms with van der Waals surface area (Å²) >= 11 is 0. The second-order valence-electron chi connectivity index (χ2n) is 5.59. The van der Waals surface area contributed by atoms with E-state index in [9.17, 15) is 9.59 Å². The van der Waals surface area contributed by atoms with E-state index in [0.717, 1.165) is 19.8 Å². The number of carbonyl (C=O) groups is 3. The first kappa shape index (κ1) is 23.7. The zero-order valence-corrected chi connectivity index (χ0v) is 14.6. The quantitative estimate of drug-likeness (QED) is 0.447. The summed E-state index contributed by atoms with van der Waals surface area (Å²) in [4.78, 5) is 30.7. The molecular formula is C17H33NO5. The fourth-order valence-electron chi connectivity index (χ4n) is 1.98. The summed E-state index contributed by atoms with van der Waals surface area (Å²) in [5.74, 6) is -1.59. The second kappa shape index (κ2) is 18.5. The highest BCUT2D eigenvalue weighted by Gasteiger charge is 2.01. The summed E-state index contributed by atoms with van der Waals surface area (Å²) in [7, 11) is 0. The van der Waals surface area contributed by atoms with Gasteiger partial charge in [-0.05, 0) is 12.8 Å². The van der Waals surface area contributed by atoms with Gasteiger partial charge in [0, 0.05) is 26.3 Å². The van der Waals surface area contributed by atoms with Crippen LogP contribution in [0, 0.1) is 0 Å². The Bertz CT molecular complexity index is 314. The van der Waals surface area contributed by atoms with E-state index < -0.39 is 11.9 Å². The van der Waals surface area contributed by atoms with Gasteiger partial charge < -0.3 is 15.5 Å². The van der Waals surface area contributed by atoms with E-state index in [2.05, 4.69) is 12.2 Å². The van der Waals surface area contributed by atoms with E-state index in [0.29, 0.717) is 19.4 Å². The van der Waals surface area contributed by atoms with Crippen molar-refractivity contribution >= 4 is 17.8 Å². The van der Waals surface area contributed by atoms with Crippen LogP contribution in [0.3, 0.4) is 0 Å². The molecule has 0 aromatic carbocycles. The molecule has 0 saturated heterocycles. The van der Waals surface area contributed by atoms with Crippen molar-refractivity contribution in [1.29, 1.82) is 0 Å². The monoisotopic (exact) mass is 331 g/mol. The minimum atomic E-state index is -0.833. The topological polar surface area (TPSA) is 104 Å². The average Bonchev–Trinajstić information content (AvgIpc) is 2.45. The number of amides is 1. The van der Waals surface area contributed by atoms with Gasteiger partial charge in [-0.3, -0.25) is 14.4 Å². The third-order valence-corrected chi connectivity index (χ3v) is 3.15. The van der Waals surface area contributed by atoms with Crippen molar-refractivity contribution in [2.75, 3.05) is 6.54 Å². The Morgan fingerprint density at radius 1 is 0.783 bits per heavy atom. The largest absolute Gasteiger partial charge is 0.481 e.